The molecule has 6 heteroatoms. The third-order valence-corrected chi connectivity index (χ3v) is 3.62. The van der Waals surface area contributed by atoms with Gasteiger partial charge in [-0.3, -0.25) is 19.7 Å². The molecule has 0 aromatic carbocycles. The van der Waals surface area contributed by atoms with E-state index >= 15 is 0 Å². The zero-order valence-corrected chi connectivity index (χ0v) is 10.0. The van der Waals surface area contributed by atoms with Crippen molar-refractivity contribution < 1.29 is 14.4 Å². The standard InChI is InChI=1S/C11H17N3O3/c1-6(8-3-12-4-8)11(17)14-5-9(15)13-10(16)7(14)2/h6-8,12H,3-5H2,1-2H3,(H,13,15,16). The van der Waals surface area contributed by atoms with E-state index in [1.165, 1.54) is 4.90 Å². The number of rotatable bonds is 2. The van der Waals surface area contributed by atoms with Crippen molar-refractivity contribution in [2.45, 2.75) is 19.9 Å². The highest BCUT2D eigenvalue weighted by atomic mass is 16.2. The molecule has 0 aromatic heterocycles. The van der Waals surface area contributed by atoms with E-state index in [-0.39, 0.29) is 18.4 Å². The second kappa shape index (κ2) is 4.44. The van der Waals surface area contributed by atoms with E-state index in [1.807, 2.05) is 6.92 Å². The first-order chi connectivity index (χ1) is 8.00. The Bertz CT molecular complexity index is 365. The normalized spacial score (nSPS) is 27.4. The predicted molar refractivity (Wildman–Crippen MR) is 59.8 cm³/mol. The molecule has 0 spiro atoms. The van der Waals surface area contributed by atoms with Crippen molar-refractivity contribution in [2.24, 2.45) is 11.8 Å². The Morgan fingerprint density at radius 1 is 1.41 bits per heavy atom. The summed E-state index contributed by atoms with van der Waals surface area (Å²) in [4.78, 5) is 36.3. The van der Waals surface area contributed by atoms with Gasteiger partial charge >= 0.3 is 0 Å². The van der Waals surface area contributed by atoms with Crippen LogP contribution in [0.1, 0.15) is 13.8 Å². The van der Waals surface area contributed by atoms with Crippen molar-refractivity contribution in [2.75, 3.05) is 19.6 Å². The maximum absolute atomic E-state index is 12.2. The van der Waals surface area contributed by atoms with Gasteiger partial charge in [0.15, 0.2) is 0 Å². The molecule has 17 heavy (non-hydrogen) atoms. The van der Waals surface area contributed by atoms with Crippen LogP contribution < -0.4 is 10.6 Å². The maximum Gasteiger partial charge on any atom is 0.249 e. The lowest BCUT2D eigenvalue weighted by molar-refractivity contribution is -0.152. The third kappa shape index (κ3) is 2.17. The van der Waals surface area contributed by atoms with Crippen molar-refractivity contribution in [1.82, 2.24) is 15.5 Å². The molecule has 2 heterocycles. The Balaban J connectivity index is 2.06. The van der Waals surface area contributed by atoms with Gasteiger partial charge in [0.1, 0.15) is 12.6 Å². The third-order valence-electron chi connectivity index (χ3n) is 3.62. The topological polar surface area (TPSA) is 78.5 Å². The summed E-state index contributed by atoms with van der Waals surface area (Å²) in [6.45, 7) is 5.14. The van der Waals surface area contributed by atoms with Gasteiger partial charge in [0.25, 0.3) is 0 Å². The summed E-state index contributed by atoms with van der Waals surface area (Å²) in [5.41, 5.74) is 0. The van der Waals surface area contributed by atoms with Crippen LogP contribution in [0.3, 0.4) is 0 Å². The number of hydrogen-bond donors (Lipinski definition) is 2. The molecule has 2 aliphatic rings. The Labute approximate surface area is 99.7 Å². The Hall–Kier alpha value is -1.43. The van der Waals surface area contributed by atoms with Crippen LogP contribution in [0.2, 0.25) is 0 Å². The molecule has 0 radical (unpaired) electrons. The highest BCUT2D eigenvalue weighted by molar-refractivity contribution is 6.04. The van der Waals surface area contributed by atoms with E-state index in [4.69, 9.17) is 0 Å². The van der Waals surface area contributed by atoms with Gasteiger partial charge in [0.2, 0.25) is 17.7 Å². The summed E-state index contributed by atoms with van der Waals surface area (Å²) in [7, 11) is 0. The quantitative estimate of drug-likeness (QED) is 0.588. The summed E-state index contributed by atoms with van der Waals surface area (Å²) >= 11 is 0. The Kier molecular flexibility index (Phi) is 3.15. The van der Waals surface area contributed by atoms with Crippen LogP contribution >= 0.6 is 0 Å². The van der Waals surface area contributed by atoms with Gasteiger partial charge in [-0.1, -0.05) is 6.92 Å². The predicted octanol–water partition coefficient (Wildman–Crippen LogP) is -1.28. The second-order valence-corrected chi connectivity index (χ2v) is 4.76. The molecule has 0 saturated carbocycles. The van der Waals surface area contributed by atoms with Crippen LogP contribution in [0.5, 0.6) is 0 Å². The molecular formula is C11H17N3O3. The lowest BCUT2D eigenvalue weighted by Crippen LogP contribution is -2.61. The van der Waals surface area contributed by atoms with Crippen molar-refractivity contribution in [3.63, 3.8) is 0 Å². The lowest BCUT2D eigenvalue weighted by atomic mass is 9.87. The van der Waals surface area contributed by atoms with Crippen LogP contribution in [-0.2, 0) is 14.4 Å². The first-order valence-electron chi connectivity index (χ1n) is 5.85. The van der Waals surface area contributed by atoms with E-state index in [0.29, 0.717) is 5.92 Å². The molecule has 2 rings (SSSR count). The highest BCUT2D eigenvalue weighted by Crippen LogP contribution is 2.20. The SMILES string of the molecule is CC(C(=O)N1CC(=O)NC(=O)C1C)C1CNC1. The molecule has 2 unspecified atom stereocenters. The van der Waals surface area contributed by atoms with E-state index in [1.54, 1.807) is 6.92 Å². The van der Waals surface area contributed by atoms with Crippen LogP contribution in [0, 0.1) is 11.8 Å². The molecular weight excluding hydrogens is 222 g/mol. The molecule has 94 valence electrons. The Morgan fingerprint density at radius 3 is 2.59 bits per heavy atom. The largest absolute Gasteiger partial charge is 0.321 e. The fourth-order valence-electron chi connectivity index (χ4n) is 2.11. The molecule has 2 atom stereocenters. The van der Waals surface area contributed by atoms with E-state index < -0.39 is 17.9 Å². The molecule has 2 fully saturated rings. The fraction of sp³-hybridized carbons (Fsp3) is 0.727. The summed E-state index contributed by atoms with van der Waals surface area (Å²) < 4.78 is 0. The minimum atomic E-state index is -0.560. The van der Waals surface area contributed by atoms with Gasteiger partial charge < -0.3 is 10.2 Å². The minimum Gasteiger partial charge on any atom is -0.321 e. The van der Waals surface area contributed by atoms with E-state index in [0.717, 1.165) is 13.1 Å². The zero-order chi connectivity index (χ0) is 12.6. The number of imide groups is 1. The van der Waals surface area contributed by atoms with E-state index in [9.17, 15) is 14.4 Å². The van der Waals surface area contributed by atoms with Gasteiger partial charge in [-0.2, -0.15) is 0 Å². The van der Waals surface area contributed by atoms with Gasteiger partial charge in [-0.25, -0.2) is 0 Å². The van der Waals surface area contributed by atoms with E-state index in [2.05, 4.69) is 10.6 Å². The van der Waals surface area contributed by atoms with Crippen molar-refractivity contribution >= 4 is 17.7 Å². The molecule has 0 aliphatic carbocycles. The molecule has 2 saturated heterocycles. The number of nitrogens with one attached hydrogen (secondary N) is 2. The van der Waals surface area contributed by atoms with Gasteiger partial charge in [-0.15, -0.1) is 0 Å². The fourth-order valence-corrected chi connectivity index (χ4v) is 2.11. The van der Waals surface area contributed by atoms with Crippen LogP contribution in [0.25, 0.3) is 0 Å². The number of carbonyl (C=O) groups is 3. The summed E-state index contributed by atoms with van der Waals surface area (Å²) in [5, 5.41) is 5.34. The zero-order valence-electron chi connectivity index (χ0n) is 10.0. The lowest BCUT2D eigenvalue weighted by Gasteiger charge is -2.38. The van der Waals surface area contributed by atoms with Gasteiger partial charge in [-0.05, 0) is 25.9 Å². The summed E-state index contributed by atoms with van der Waals surface area (Å²) in [6, 6.07) is -0.560. The van der Waals surface area contributed by atoms with Crippen LogP contribution in [-0.4, -0.2) is 48.3 Å². The number of hydrogen-bond acceptors (Lipinski definition) is 4. The van der Waals surface area contributed by atoms with Crippen molar-refractivity contribution in [3.8, 4) is 0 Å². The highest BCUT2D eigenvalue weighted by Gasteiger charge is 2.38. The van der Waals surface area contributed by atoms with Crippen molar-refractivity contribution in [1.29, 1.82) is 0 Å². The molecule has 3 amide bonds. The van der Waals surface area contributed by atoms with Gasteiger partial charge in [0, 0.05) is 5.92 Å². The molecule has 6 nitrogen and oxygen atoms in total. The molecule has 0 aromatic rings. The Morgan fingerprint density at radius 2 is 2.06 bits per heavy atom. The molecule has 2 N–H and O–H groups in total. The first kappa shape index (κ1) is 12.0. The number of carbonyl (C=O) groups excluding carboxylic acids is 3. The maximum atomic E-state index is 12.2. The number of piperazine rings is 1. The smallest absolute Gasteiger partial charge is 0.249 e. The summed E-state index contributed by atoms with van der Waals surface area (Å²) in [5.74, 6) is -0.728. The molecule has 2 aliphatic heterocycles. The number of amides is 3. The monoisotopic (exact) mass is 239 g/mol. The summed E-state index contributed by atoms with van der Waals surface area (Å²) in [6.07, 6.45) is 0. The van der Waals surface area contributed by atoms with Crippen LogP contribution in [0.4, 0.5) is 0 Å². The first-order valence-corrected chi connectivity index (χ1v) is 5.85. The number of nitrogens with zero attached hydrogens (tertiary/aromatic N) is 1. The minimum absolute atomic E-state index is 0.0176. The van der Waals surface area contributed by atoms with Crippen molar-refractivity contribution in [3.05, 3.63) is 0 Å². The second-order valence-electron chi connectivity index (χ2n) is 4.76. The van der Waals surface area contributed by atoms with Gasteiger partial charge in [0.05, 0.1) is 0 Å². The molecule has 0 bridgehead atoms. The van der Waals surface area contributed by atoms with Crippen LogP contribution in [0.15, 0.2) is 0 Å². The average molecular weight is 239 g/mol. The average Bonchev–Trinajstić information content (AvgIpc) is 2.19.